The van der Waals surface area contributed by atoms with Crippen molar-refractivity contribution in [2.45, 2.75) is 38.0 Å². The van der Waals surface area contributed by atoms with E-state index in [1.165, 1.54) is 6.92 Å². The molecular formula is C9H13N3O3. The van der Waals surface area contributed by atoms with Crippen LogP contribution in [0.5, 0.6) is 0 Å². The van der Waals surface area contributed by atoms with Crippen LogP contribution < -0.4 is 0 Å². The lowest BCUT2D eigenvalue weighted by atomic mass is 10.1. The van der Waals surface area contributed by atoms with Crippen LogP contribution in [0.1, 0.15) is 19.8 Å². The van der Waals surface area contributed by atoms with Gasteiger partial charge >= 0.3 is 5.97 Å². The monoisotopic (exact) mass is 211 g/mol. The third-order valence-electron chi connectivity index (χ3n) is 2.10. The Morgan fingerprint density at radius 1 is 1.60 bits per heavy atom. The second-order valence-electron chi connectivity index (χ2n) is 3.43. The highest BCUT2D eigenvalue weighted by molar-refractivity contribution is 5.66. The lowest BCUT2D eigenvalue weighted by molar-refractivity contribution is -0.144. The van der Waals surface area contributed by atoms with Crippen molar-refractivity contribution in [1.29, 1.82) is 0 Å². The molecule has 1 aliphatic carbocycles. The number of hydrogen-bond acceptors (Lipinski definition) is 4. The largest absolute Gasteiger partial charge is 0.458 e. The summed E-state index contributed by atoms with van der Waals surface area (Å²) in [6.45, 7) is 1.32. The lowest BCUT2D eigenvalue weighted by Crippen LogP contribution is -2.19. The van der Waals surface area contributed by atoms with E-state index in [1.807, 2.05) is 0 Å². The fraction of sp³-hybridized carbons (Fsp3) is 0.667. The van der Waals surface area contributed by atoms with Crippen molar-refractivity contribution in [1.82, 2.24) is 0 Å². The third-order valence-corrected chi connectivity index (χ3v) is 2.10. The van der Waals surface area contributed by atoms with E-state index in [1.54, 1.807) is 12.2 Å². The van der Waals surface area contributed by atoms with Crippen molar-refractivity contribution in [2.75, 3.05) is 0 Å². The minimum absolute atomic E-state index is 0.343. The van der Waals surface area contributed by atoms with Gasteiger partial charge in [0.05, 0.1) is 6.10 Å². The molecule has 1 N–H and O–H groups in total. The maximum absolute atomic E-state index is 10.7. The molecule has 0 bridgehead atoms. The van der Waals surface area contributed by atoms with Gasteiger partial charge in [0.2, 0.25) is 0 Å². The zero-order chi connectivity index (χ0) is 11.3. The van der Waals surface area contributed by atoms with Crippen LogP contribution in [0, 0.1) is 0 Å². The van der Waals surface area contributed by atoms with Crippen LogP contribution in [0.25, 0.3) is 10.4 Å². The Kier molecular flexibility index (Phi) is 4.15. The Morgan fingerprint density at radius 2 is 2.33 bits per heavy atom. The first kappa shape index (κ1) is 11.6. The van der Waals surface area contributed by atoms with Gasteiger partial charge in [0.15, 0.2) is 0 Å². The molecule has 0 aromatic carbocycles. The Morgan fingerprint density at radius 3 is 2.93 bits per heavy atom. The third kappa shape index (κ3) is 4.01. The van der Waals surface area contributed by atoms with Crippen molar-refractivity contribution in [3.05, 3.63) is 22.6 Å². The van der Waals surface area contributed by atoms with Crippen molar-refractivity contribution in [2.24, 2.45) is 5.11 Å². The second kappa shape index (κ2) is 5.38. The molecule has 0 spiro atoms. The molecule has 0 radical (unpaired) electrons. The zero-order valence-electron chi connectivity index (χ0n) is 8.41. The lowest BCUT2D eigenvalue weighted by Gasteiger charge is -2.15. The first-order valence-electron chi connectivity index (χ1n) is 4.69. The van der Waals surface area contributed by atoms with Crippen LogP contribution in [0.3, 0.4) is 0 Å². The second-order valence-corrected chi connectivity index (χ2v) is 3.43. The zero-order valence-corrected chi connectivity index (χ0v) is 8.41. The van der Waals surface area contributed by atoms with E-state index in [0.29, 0.717) is 12.8 Å². The summed E-state index contributed by atoms with van der Waals surface area (Å²) in [6.07, 6.45) is 2.88. The molecule has 0 unspecified atom stereocenters. The van der Waals surface area contributed by atoms with Gasteiger partial charge in [-0.05, 0) is 24.4 Å². The maximum Gasteiger partial charge on any atom is 0.303 e. The molecule has 1 rings (SSSR count). The van der Waals surface area contributed by atoms with E-state index in [9.17, 15) is 9.90 Å². The van der Waals surface area contributed by atoms with Gasteiger partial charge in [0.1, 0.15) is 6.10 Å². The summed E-state index contributed by atoms with van der Waals surface area (Å²) in [7, 11) is 0. The first-order chi connectivity index (χ1) is 7.11. The van der Waals surface area contributed by atoms with Crippen LogP contribution >= 0.6 is 0 Å². The number of rotatable bonds is 2. The Balaban J connectivity index is 2.67. The highest BCUT2D eigenvalue weighted by atomic mass is 16.5. The van der Waals surface area contributed by atoms with Crippen LogP contribution in [-0.2, 0) is 9.53 Å². The van der Waals surface area contributed by atoms with Gasteiger partial charge in [-0.15, -0.1) is 0 Å². The van der Waals surface area contributed by atoms with E-state index in [2.05, 4.69) is 10.0 Å². The standard InChI is InChI=1S/C9H13N3O3/c1-6(13)15-9-3-2-8(14)4-7(5-9)11-12-10/h2-3,7-9,14H,4-5H2,1H3/t7-,8-,9+/m0/s1. The minimum Gasteiger partial charge on any atom is -0.458 e. The number of carbonyl (C=O) groups excluding carboxylic acids is 1. The number of ether oxygens (including phenoxy) is 1. The molecule has 0 saturated carbocycles. The van der Waals surface area contributed by atoms with Crippen molar-refractivity contribution < 1.29 is 14.6 Å². The SMILES string of the molecule is CC(=O)O[C@@H]1C=C[C@H](O)C[C@H](N=[N+]=[N-])C1. The molecule has 6 nitrogen and oxygen atoms in total. The Hall–Kier alpha value is -1.52. The van der Waals surface area contributed by atoms with E-state index in [0.717, 1.165) is 0 Å². The van der Waals surface area contributed by atoms with E-state index >= 15 is 0 Å². The number of nitrogens with zero attached hydrogens (tertiary/aromatic N) is 3. The van der Waals surface area contributed by atoms with Gasteiger partial charge in [-0.1, -0.05) is 11.2 Å². The van der Waals surface area contributed by atoms with Gasteiger partial charge in [0.25, 0.3) is 0 Å². The number of aliphatic hydroxyl groups excluding tert-OH is 1. The van der Waals surface area contributed by atoms with Crippen LogP contribution in [0.15, 0.2) is 17.3 Å². The van der Waals surface area contributed by atoms with Crippen molar-refractivity contribution in [3.63, 3.8) is 0 Å². The Bertz CT molecular complexity index is 310. The smallest absolute Gasteiger partial charge is 0.303 e. The molecule has 82 valence electrons. The van der Waals surface area contributed by atoms with Crippen LogP contribution in [0.4, 0.5) is 0 Å². The van der Waals surface area contributed by atoms with E-state index in [-0.39, 0.29) is 12.0 Å². The molecule has 0 fully saturated rings. The molecule has 0 aromatic rings. The summed E-state index contributed by atoms with van der Waals surface area (Å²) in [4.78, 5) is 13.4. The average Bonchev–Trinajstić information content (AvgIpc) is 2.28. The molecule has 6 heteroatoms. The normalized spacial score (nSPS) is 30.1. The predicted octanol–water partition coefficient (Wildman–Crippen LogP) is 1.31. The molecule has 0 heterocycles. The minimum atomic E-state index is -0.652. The van der Waals surface area contributed by atoms with E-state index in [4.69, 9.17) is 10.3 Å². The summed E-state index contributed by atoms with van der Waals surface area (Å²) in [6, 6.07) is -0.343. The first-order valence-corrected chi connectivity index (χ1v) is 4.69. The predicted molar refractivity (Wildman–Crippen MR) is 52.9 cm³/mol. The van der Waals surface area contributed by atoms with Crippen LogP contribution in [-0.4, -0.2) is 29.3 Å². The fourth-order valence-corrected chi connectivity index (χ4v) is 1.52. The average molecular weight is 211 g/mol. The van der Waals surface area contributed by atoms with Gasteiger partial charge in [-0.2, -0.15) is 0 Å². The van der Waals surface area contributed by atoms with Crippen LogP contribution in [0.2, 0.25) is 0 Å². The number of azide groups is 1. The molecule has 0 aromatic heterocycles. The highest BCUT2D eigenvalue weighted by Gasteiger charge is 2.21. The van der Waals surface area contributed by atoms with Gasteiger partial charge in [-0.25, -0.2) is 0 Å². The van der Waals surface area contributed by atoms with Crippen molar-refractivity contribution >= 4 is 5.97 Å². The summed E-state index contributed by atoms with van der Waals surface area (Å²) in [5.41, 5.74) is 8.31. The molecular weight excluding hydrogens is 198 g/mol. The van der Waals surface area contributed by atoms with Gasteiger partial charge in [-0.3, -0.25) is 4.79 Å². The molecule has 0 aliphatic heterocycles. The molecule has 3 atom stereocenters. The maximum atomic E-state index is 10.7. The molecule has 1 aliphatic rings. The summed E-state index contributed by atoms with van der Waals surface area (Å²) >= 11 is 0. The topological polar surface area (TPSA) is 95.3 Å². The molecule has 0 saturated heterocycles. The Labute approximate surface area is 87.2 Å². The van der Waals surface area contributed by atoms with Gasteiger partial charge in [0, 0.05) is 17.9 Å². The molecule has 0 amide bonds. The number of esters is 1. The number of carbonyl (C=O) groups is 1. The van der Waals surface area contributed by atoms with Crippen molar-refractivity contribution in [3.8, 4) is 0 Å². The fourth-order valence-electron chi connectivity index (χ4n) is 1.52. The molecule has 15 heavy (non-hydrogen) atoms. The number of aliphatic hydroxyl groups is 1. The summed E-state index contributed by atoms with van der Waals surface area (Å²) in [5, 5.41) is 13.0. The van der Waals surface area contributed by atoms with E-state index < -0.39 is 12.2 Å². The quantitative estimate of drug-likeness (QED) is 0.245. The summed E-state index contributed by atoms with van der Waals surface area (Å²) < 4.78 is 4.98. The van der Waals surface area contributed by atoms with Gasteiger partial charge < -0.3 is 9.84 Å². The summed E-state index contributed by atoms with van der Waals surface area (Å²) in [5.74, 6) is -0.388. The highest BCUT2D eigenvalue weighted by Crippen LogP contribution is 2.18. The number of hydrogen-bond donors (Lipinski definition) is 1.